The minimum atomic E-state index is -0.0161. The topological polar surface area (TPSA) is 75.9 Å². The Bertz CT molecular complexity index is 1020. The van der Waals surface area contributed by atoms with E-state index in [1.165, 1.54) is 51.4 Å². The fraction of sp³-hybridized carbons (Fsp3) is 0.528. The van der Waals surface area contributed by atoms with Gasteiger partial charge in [0.25, 0.3) is 0 Å². The van der Waals surface area contributed by atoms with Crippen molar-refractivity contribution in [2.24, 2.45) is 52.9 Å². The van der Waals surface area contributed by atoms with E-state index in [9.17, 15) is 0 Å². The fourth-order valence-corrected chi connectivity index (χ4v) is 6.87. The SMILES string of the molecule is C=C(/C=C/C=C\C(=N)[C@@H]1CC=CC([C@@H]2C=CC([C@@H]3C=CC(CCCCCN)CC3)CC2)C1)[C@H]1C=CC=CC1N. The highest BCUT2D eigenvalue weighted by Gasteiger charge is 2.30. The number of nitrogens with one attached hydrogen (secondary N) is 1. The average Bonchev–Trinajstić information content (AvgIpc) is 2.98. The minimum Gasteiger partial charge on any atom is -0.330 e. The van der Waals surface area contributed by atoms with Gasteiger partial charge in [-0.3, -0.25) is 0 Å². The molecule has 5 N–H and O–H groups in total. The van der Waals surface area contributed by atoms with Crippen molar-refractivity contribution in [3.8, 4) is 0 Å². The molecule has 0 bridgehead atoms. The summed E-state index contributed by atoms with van der Waals surface area (Å²) in [5.41, 5.74) is 13.5. The molecule has 0 aromatic heterocycles. The summed E-state index contributed by atoms with van der Waals surface area (Å²) in [4.78, 5) is 0. The highest BCUT2D eigenvalue weighted by atomic mass is 14.6. The first-order chi connectivity index (χ1) is 19.0. The van der Waals surface area contributed by atoms with Crippen LogP contribution in [0.1, 0.15) is 64.2 Å². The standard InChI is InChI=1S/C36H51N3/c1-27(34-14-5-7-16-36(34)39)10-4-6-15-35(38)33-13-9-12-32(26-33)31-23-21-30(22-24-31)29-19-17-28(18-20-29)11-3-2-8-25-37/h4-7,9-10,12,14-17,19,21,23,28-34,36,38H,1-3,8,11,13,18,20,22,24-26,37,39H2/b10-4+,15-6-,38-35?/t28?,29-,30?,31-,32?,33-,34-,36?/m1/s1. The summed E-state index contributed by atoms with van der Waals surface area (Å²) in [5, 5.41) is 8.70. The van der Waals surface area contributed by atoms with Gasteiger partial charge in [-0.05, 0) is 99.1 Å². The van der Waals surface area contributed by atoms with Crippen LogP contribution in [-0.4, -0.2) is 18.3 Å². The maximum Gasteiger partial charge on any atom is 0.0348 e. The van der Waals surface area contributed by atoms with Crippen molar-refractivity contribution in [2.75, 3.05) is 6.54 Å². The zero-order chi connectivity index (χ0) is 27.5. The molecule has 0 aliphatic heterocycles. The van der Waals surface area contributed by atoms with Crippen molar-refractivity contribution in [3.63, 3.8) is 0 Å². The van der Waals surface area contributed by atoms with E-state index < -0.39 is 0 Å². The van der Waals surface area contributed by atoms with Crippen LogP contribution in [0.3, 0.4) is 0 Å². The molecular weight excluding hydrogens is 474 g/mol. The lowest BCUT2D eigenvalue weighted by Gasteiger charge is -2.35. The van der Waals surface area contributed by atoms with Crippen molar-refractivity contribution in [1.82, 2.24) is 0 Å². The Labute approximate surface area is 237 Å². The van der Waals surface area contributed by atoms with Crippen molar-refractivity contribution in [3.05, 3.63) is 97.2 Å². The van der Waals surface area contributed by atoms with E-state index >= 15 is 0 Å². The molecule has 3 heteroatoms. The van der Waals surface area contributed by atoms with Gasteiger partial charge >= 0.3 is 0 Å². The molecule has 0 saturated carbocycles. The second-order valence-electron chi connectivity index (χ2n) is 12.2. The number of hydrogen-bond donors (Lipinski definition) is 3. The predicted molar refractivity (Wildman–Crippen MR) is 168 cm³/mol. The van der Waals surface area contributed by atoms with Gasteiger partial charge in [-0.1, -0.05) is 98.4 Å². The van der Waals surface area contributed by atoms with E-state index in [4.69, 9.17) is 16.9 Å². The number of nitrogens with two attached hydrogens (primary N) is 2. The van der Waals surface area contributed by atoms with Crippen molar-refractivity contribution in [1.29, 1.82) is 5.41 Å². The molecule has 0 saturated heterocycles. The summed E-state index contributed by atoms with van der Waals surface area (Å²) >= 11 is 0. The highest BCUT2D eigenvalue weighted by molar-refractivity contribution is 5.94. The number of hydrogen-bond acceptors (Lipinski definition) is 3. The third-order valence-corrected chi connectivity index (χ3v) is 9.42. The summed E-state index contributed by atoms with van der Waals surface area (Å²) in [7, 11) is 0. The minimum absolute atomic E-state index is 0.0161. The molecule has 0 fully saturated rings. The molecule has 0 spiro atoms. The van der Waals surface area contributed by atoms with Crippen LogP contribution in [0.4, 0.5) is 0 Å². The normalized spacial score (nSPS) is 34.3. The van der Waals surface area contributed by atoms with Gasteiger partial charge in [-0.2, -0.15) is 0 Å². The smallest absolute Gasteiger partial charge is 0.0348 e. The second kappa shape index (κ2) is 15.3. The number of allylic oxidation sites excluding steroid dienone is 12. The van der Waals surface area contributed by atoms with Gasteiger partial charge in [0.2, 0.25) is 0 Å². The maximum absolute atomic E-state index is 8.70. The zero-order valence-electron chi connectivity index (χ0n) is 23.8. The molecular formula is C36H51N3. The average molecular weight is 526 g/mol. The van der Waals surface area contributed by atoms with Gasteiger partial charge in [0.1, 0.15) is 0 Å². The summed E-state index contributed by atoms with van der Waals surface area (Å²) in [6.45, 7) is 5.02. The molecule has 4 aliphatic carbocycles. The van der Waals surface area contributed by atoms with Crippen LogP contribution < -0.4 is 11.5 Å². The maximum atomic E-state index is 8.70. The summed E-state index contributed by atoms with van der Waals surface area (Å²) < 4.78 is 0. The second-order valence-corrected chi connectivity index (χ2v) is 12.2. The first kappa shape index (κ1) is 29.5. The third kappa shape index (κ3) is 8.75. The lowest BCUT2D eigenvalue weighted by Crippen LogP contribution is -2.28. The molecule has 0 radical (unpaired) electrons. The van der Waals surface area contributed by atoms with E-state index in [1.54, 1.807) is 0 Å². The van der Waals surface area contributed by atoms with Crippen LogP contribution in [0.2, 0.25) is 0 Å². The largest absolute Gasteiger partial charge is 0.330 e. The number of unbranched alkanes of at least 4 members (excludes halogenated alkanes) is 2. The summed E-state index contributed by atoms with van der Waals surface area (Å²) in [6, 6.07) is -0.0161. The molecule has 4 aliphatic rings. The Morgan fingerprint density at radius 1 is 0.795 bits per heavy atom. The van der Waals surface area contributed by atoms with Crippen LogP contribution in [-0.2, 0) is 0 Å². The van der Waals surface area contributed by atoms with Crippen molar-refractivity contribution in [2.45, 2.75) is 70.3 Å². The van der Waals surface area contributed by atoms with Crippen LogP contribution in [0.25, 0.3) is 0 Å². The molecule has 0 aromatic carbocycles. The highest BCUT2D eigenvalue weighted by Crippen LogP contribution is 2.40. The monoisotopic (exact) mass is 525 g/mol. The predicted octanol–water partition coefficient (Wildman–Crippen LogP) is 8.01. The number of rotatable bonds is 12. The van der Waals surface area contributed by atoms with Crippen LogP contribution in [0.15, 0.2) is 97.2 Å². The lowest BCUT2D eigenvalue weighted by molar-refractivity contribution is 0.292. The van der Waals surface area contributed by atoms with Gasteiger partial charge in [0, 0.05) is 23.6 Å². The fourth-order valence-electron chi connectivity index (χ4n) is 6.87. The molecule has 210 valence electrons. The molecule has 0 aromatic rings. The molecule has 0 amide bonds. The quantitative estimate of drug-likeness (QED) is 0.104. The third-order valence-electron chi connectivity index (χ3n) is 9.42. The first-order valence-corrected chi connectivity index (χ1v) is 15.5. The van der Waals surface area contributed by atoms with E-state index in [1.807, 2.05) is 42.5 Å². The van der Waals surface area contributed by atoms with Gasteiger partial charge in [-0.15, -0.1) is 0 Å². The van der Waals surface area contributed by atoms with Crippen molar-refractivity contribution >= 4 is 5.71 Å². The Morgan fingerprint density at radius 3 is 2.18 bits per heavy atom. The Balaban J connectivity index is 1.21. The first-order valence-electron chi connectivity index (χ1n) is 15.5. The van der Waals surface area contributed by atoms with Crippen LogP contribution in [0, 0.1) is 46.8 Å². The van der Waals surface area contributed by atoms with Gasteiger partial charge in [-0.25, -0.2) is 0 Å². The van der Waals surface area contributed by atoms with Gasteiger partial charge in [0.05, 0.1) is 0 Å². The summed E-state index contributed by atoms with van der Waals surface area (Å²) in [6.07, 6.45) is 43.4. The van der Waals surface area contributed by atoms with Gasteiger partial charge < -0.3 is 16.9 Å². The molecule has 0 heterocycles. The lowest BCUT2D eigenvalue weighted by atomic mass is 9.70. The Morgan fingerprint density at radius 2 is 1.49 bits per heavy atom. The summed E-state index contributed by atoms with van der Waals surface area (Å²) in [5.74, 6) is 3.84. The molecule has 4 rings (SSSR count). The Kier molecular flexibility index (Phi) is 11.6. The molecule has 8 atom stereocenters. The van der Waals surface area contributed by atoms with Crippen molar-refractivity contribution < 1.29 is 0 Å². The van der Waals surface area contributed by atoms with E-state index in [0.29, 0.717) is 23.7 Å². The molecule has 4 unspecified atom stereocenters. The van der Waals surface area contributed by atoms with E-state index in [2.05, 4.69) is 49.1 Å². The van der Waals surface area contributed by atoms with Gasteiger partial charge in [0.15, 0.2) is 0 Å². The van der Waals surface area contributed by atoms with E-state index in [-0.39, 0.29) is 12.0 Å². The molecule has 39 heavy (non-hydrogen) atoms. The van der Waals surface area contributed by atoms with Crippen LogP contribution in [0.5, 0.6) is 0 Å². The van der Waals surface area contributed by atoms with Crippen LogP contribution >= 0.6 is 0 Å². The molecule has 3 nitrogen and oxygen atoms in total. The zero-order valence-corrected chi connectivity index (χ0v) is 23.8. The van der Waals surface area contributed by atoms with E-state index in [0.717, 1.165) is 42.5 Å². The Hall–Kier alpha value is -2.49.